The van der Waals surface area contributed by atoms with Gasteiger partial charge >= 0.3 is 0 Å². The minimum absolute atomic E-state index is 0.100. The summed E-state index contributed by atoms with van der Waals surface area (Å²) in [6, 6.07) is 10.8. The quantitative estimate of drug-likeness (QED) is 0.710. The van der Waals surface area contributed by atoms with Crippen LogP contribution in [0, 0.1) is 0 Å². The lowest BCUT2D eigenvalue weighted by atomic mass is 9.86. The van der Waals surface area contributed by atoms with Crippen LogP contribution in [0.25, 0.3) is 0 Å². The zero-order valence-corrected chi connectivity index (χ0v) is 20.1. The molecular formula is C23H30N2O6S. The Morgan fingerprint density at radius 1 is 1.12 bits per heavy atom. The number of anilines is 1. The third kappa shape index (κ3) is 5.09. The minimum atomic E-state index is -3.61. The molecule has 0 bridgehead atoms. The molecule has 0 spiro atoms. The molecule has 0 aromatic heterocycles. The van der Waals surface area contributed by atoms with Gasteiger partial charge in [0.1, 0.15) is 5.75 Å². The van der Waals surface area contributed by atoms with Gasteiger partial charge in [0.05, 0.1) is 32.7 Å². The van der Waals surface area contributed by atoms with E-state index in [1.165, 1.54) is 4.31 Å². The van der Waals surface area contributed by atoms with E-state index in [4.69, 9.17) is 14.2 Å². The number of carbonyl (C=O) groups is 1. The van der Waals surface area contributed by atoms with Crippen molar-refractivity contribution in [1.29, 1.82) is 0 Å². The largest absolute Gasteiger partial charge is 0.493 e. The normalized spacial score (nSPS) is 16.1. The molecule has 0 fully saturated rings. The first-order chi connectivity index (χ1) is 14.9. The number of hydrogen-bond acceptors (Lipinski definition) is 6. The standard InChI is InChI=1S/C23H30N2O6S/c1-23(2,3)16-8-10-18-17(12-16)25(32(6,27)28)14-21(31-18)22(26)24-13-15-7-9-19(29-4)20(11-15)30-5/h7-12,21H,13-14H2,1-6H3,(H,24,26)/t21-/m0/s1. The maximum Gasteiger partial charge on any atom is 0.263 e. The number of rotatable bonds is 6. The second kappa shape index (κ2) is 8.90. The van der Waals surface area contributed by atoms with Gasteiger partial charge < -0.3 is 19.5 Å². The van der Waals surface area contributed by atoms with Crippen LogP contribution in [0.5, 0.6) is 17.2 Å². The van der Waals surface area contributed by atoms with Gasteiger partial charge in [-0.25, -0.2) is 8.42 Å². The molecule has 0 aliphatic carbocycles. The zero-order valence-electron chi connectivity index (χ0n) is 19.3. The van der Waals surface area contributed by atoms with Crippen molar-refractivity contribution in [3.05, 3.63) is 47.5 Å². The van der Waals surface area contributed by atoms with E-state index in [0.29, 0.717) is 22.9 Å². The predicted octanol–water partition coefficient (Wildman–Crippen LogP) is 2.84. The Morgan fingerprint density at radius 3 is 2.41 bits per heavy atom. The Labute approximate surface area is 189 Å². The van der Waals surface area contributed by atoms with Gasteiger partial charge in [-0.05, 0) is 40.8 Å². The molecule has 0 radical (unpaired) electrons. The number of carbonyl (C=O) groups excluding carboxylic acids is 1. The van der Waals surface area contributed by atoms with Crippen molar-refractivity contribution in [2.45, 2.75) is 38.8 Å². The van der Waals surface area contributed by atoms with Crippen molar-refractivity contribution < 1.29 is 27.4 Å². The third-order valence-electron chi connectivity index (χ3n) is 5.30. The molecule has 1 heterocycles. The highest BCUT2D eigenvalue weighted by Gasteiger charge is 2.35. The van der Waals surface area contributed by atoms with Gasteiger partial charge in [0.15, 0.2) is 17.6 Å². The summed E-state index contributed by atoms with van der Waals surface area (Å²) in [5.41, 5.74) is 2.07. The van der Waals surface area contributed by atoms with Gasteiger partial charge in [0.25, 0.3) is 5.91 Å². The average Bonchev–Trinajstić information content (AvgIpc) is 2.74. The fourth-order valence-corrected chi connectivity index (χ4v) is 4.37. The molecule has 0 saturated carbocycles. The van der Waals surface area contributed by atoms with Gasteiger partial charge in [0, 0.05) is 6.54 Å². The van der Waals surface area contributed by atoms with E-state index in [0.717, 1.165) is 17.4 Å². The Balaban J connectivity index is 1.80. The Kier molecular flexibility index (Phi) is 6.59. The van der Waals surface area contributed by atoms with Crippen molar-refractivity contribution in [3.63, 3.8) is 0 Å². The fourth-order valence-electron chi connectivity index (χ4n) is 3.46. The number of ether oxygens (including phenoxy) is 3. The molecule has 2 aromatic carbocycles. The van der Waals surface area contributed by atoms with Gasteiger partial charge in [-0.1, -0.05) is 32.9 Å². The summed E-state index contributed by atoms with van der Waals surface area (Å²) >= 11 is 0. The van der Waals surface area contributed by atoms with Gasteiger partial charge in [0.2, 0.25) is 10.0 Å². The molecule has 8 nitrogen and oxygen atoms in total. The van der Waals surface area contributed by atoms with E-state index in [2.05, 4.69) is 5.32 Å². The fraction of sp³-hybridized carbons (Fsp3) is 0.435. The number of benzene rings is 2. The maximum atomic E-state index is 12.8. The Bertz CT molecular complexity index is 1110. The summed E-state index contributed by atoms with van der Waals surface area (Å²) < 4.78 is 42.6. The Hall–Kier alpha value is -2.94. The number of fused-ring (bicyclic) bond motifs is 1. The van der Waals surface area contributed by atoms with Crippen LogP contribution >= 0.6 is 0 Å². The number of sulfonamides is 1. The molecule has 0 saturated heterocycles. The first-order valence-electron chi connectivity index (χ1n) is 10.2. The first kappa shape index (κ1) is 23.7. The summed E-state index contributed by atoms with van der Waals surface area (Å²) in [5, 5.41) is 2.81. The van der Waals surface area contributed by atoms with Gasteiger partial charge in [-0.2, -0.15) is 0 Å². The third-order valence-corrected chi connectivity index (χ3v) is 6.45. The molecule has 1 amide bonds. The molecule has 1 aliphatic heterocycles. The molecule has 174 valence electrons. The van der Waals surface area contributed by atoms with E-state index in [-0.39, 0.29) is 18.5 Å². The lowest BCUT2D eigenvalue weighted by molar-refractivity contribution is -0.127. The molecule has 2 aromatic rings. The lowest BCUT2D eigenvalue weighted by Gasteiger charge is -2.35. The monoisotopic (exact) mass is 462 g/mol. The van der Waals surface area contributed by atoms with Crippen LogP contribution in [0.2, 0.25) is 0 Å². The van der Waals surface area contributed by atoms with Crippen LogP contribution in [0.15, 0.2) is 36.4 Å². The van der Waals surface area contributed by atoms with Crippen molar-refractivity contribution >= 4 is 21.6 Å². The van der Waals surface area contributed by atoms with Crippen LogP contribution in [0.4, 0.5) is 5.69 Å². The SMILES string of the molecule is COc1ccc(CNC(=O)[C@@H]2CN(S(C)(=O)=O)c3cc(C(C)(C)C)ccc3O2)cc1OC. The summed E-state index contributed by atoms with van der Waals surface area (Å²) in [4.78, 5) is 12.8. The number of amides is 1. The number of nitrogens with zero attached hydrogens (tertiary/aromatic N) is 1. The topological polar surface area (TPSA) is 94.2 Å². The zero-order chi connectivity index (χ0) is 23.7. The van der Waals surface area contributed by atoms with Crippen LogP contribution in [-0.2, 0) is 26.8 Å². The smallest absolute Gasteiger partial charge is 0.263 e. The molecular weight excluding hydrogens is 432 g/mol. The number of methoxy groups -OCH3 is 2. The highest BCUT2D eigenvalue weighted by Crippen LogP contribution is 2.38. The summed E-state index contributed by atoms with van der Waals surface area (Å²) in [6.45, 7) is 6.28. The van der Waals surface area contributed by atoms with E-state index in [9.17, 15) is 13.2 Å². The molecule has 9 heteroatoms. The highest BCUT2D eigenvalue weighted by molar-refractivity contribution is 7.92. The van der Waals surface area contributed by atoms with Gasteiger partial charge in [-0.15, -0.1) is 0 Å². The molecule has 1 atom stereocenters. The van der Waals surface area contributed by atoms with Gasteiger partial charge in [-0.3, -0.25) is 9.10 Å². The summed E-state index contributed by atoms with van der Waals surface area (Å²) in [5.74, 6) is 1.10. The predicted molar refractivity (Wildman–Crippen MR) is 123 cm³/mol. The van der Waals surface area contributed by atoms with Crippen LogP contribution in [0.3, 0.4) is 0 Å². The van der Waals surface area contributed by atoms with E-state index in [1.54, 1.807) is 32.4 Å². The van der Waals surface area contributed by atoms with Crippen molar-refractivity contribution in [2.24, 2.45) is 0 Å². The molecule has 1 N–H and O–H groups in total. The average molecular weight is 463 g/mol. The Morgan fingerprint density at radius 2 is 1.81 bits per heavy atom. The van der Waals surface area contributed by atoms with Crippen LogP contribution in [-0.4, -0.2) is 47.4 Å². The van der Waals surface area contributed by atoms with Crippen LogP contribution < -0.4 is 23.8 Å². The van der Waals surface area contributed by atoms with E-state index >= 15 is 0 Å². The van der Waals surface area contributed by atoms with Crippen molar-refractivity contribution in [3.8, 4) is 17.2 Å². The highest BCUT2D eigenvalue weighted by atomic mass is 32.2. The summed E-state index contributed by atoms with van der Waals surface area (Å²) in [6.07, 6.45) is 0.155. The molecule has 3 rings (SSSR count). The molecule has 32 heavy (non-hydrogen) atoms. The second-order valence-corrected chi connectivity index (χ2v) is 10.6. The second-order valence-electron chi connectivity index (χ2n) is 8.74. The van der Waals surface area contributed by atoms with Crippen molar-refractivity contribution in [2.75, 3.05) is 31.3 Å². The molecule has 0 unspecified atom stereocenters. The summed E-state index contributed by atoms with van der Waals surface area (Å²) in [7, 11) is -0.518. The minimum Gasteiger partial charge on any atom is -0.493 e. The number of nitrogens with one attached hydrogen (secondary N) is 1. The maximum absolute atomic E-state index is 12.8. The number of hydrogen-bond donors (Lipinski definition) is 1. The first-order valence-corrected chi connectivity index (χ1v) is 12.1. The van der Waals surface area contributed by atoms with Crippen molar-refractivity contribution in [1.82, 2.24) is 5.32 Å². The van der Waals surface area contributed by atoms with E-state index < -0.39 is 22.0 Å². The van der Waals surface area contributed by atoms with E-state index in [1.807, 2.05) is 39.0 Å². The lowest BCUT2D eigenvalue weighted by Crippen LogP contribution is -2.50. The van der Waals surface area contributed by atoms with Crippen LogP contribution in [0.1, 0.15) is 31.9 Å². The molecule has 1 aliphatic rings.